The molecule has 0 bridgehead atoms. The maximum atomic E-state index is 9.23. The molecule has 0 aromatic heterocycles. The van der Waals surface area contributed by atoms with E-state index in [-0.39, 0.29) is 6.61 Å². The predicted octanol–water partition coefficient (Wildman–Crippen LogP) is 2.05. The number of benzene rings is 1. The molecule has 0 spiro atoms. The van der Waals surface area contributed by atoms with Gasteiger partial charge in [-0.1, -0.05) is 32.0 Å². The van der Waals surface area contributed by atoms with Crippen LogP contribution in [0.5, 0.6) is 5.75 Å². The summed E-state index contributed by atoms with van der Waals surface area (Å²) < 4.78 is 5.29. The third-order valence-corrected chi connectivity index (χ3v) is 3.09. The van der Waals surface area contributed by atoms with Crippen molar-refractivity contribution in [2.24, 2.45) is 11.8 Å². The van der Waals surface area contributed by atoms with Crippen molar-refractivity contribution in [1.29, 1.82) is 0 Å². The monoisotopic (exact) mass is 237 g/mol. The van der Waals surface area contributed by atoms with E-state index in [2.05, 4.69) is 25.2 Å². The molecule has 3 heteroatoms. The largest absolute Gasteiger partial charge is 0.496 e. The second-order valence-electron chi connectivity index (χ2n) is 4.63. The van der Waals surface area contributed by atoms with E-state index < -0.39 is 0 Å². The Morgan fingerprint density at radius 2 is 2.00 bits per heavy atom. The highest BCUT2D eigenvalue weighted by Gasteiger charge is 2.11. The van der Waals surface area contributed by atoms with Gasteiger partial charge >= 0.3 is 0 Å². The van der Waals surface area contributed by atoms with Crippen LogP contribution in [-0.2, 0) is 6.54 Å². The molecule has 0 aliphatic carbocycles. The SMILES string of the molecule is COc1ccccc1CNCC(CO)C(C)C. The highest BCUT2D eigenvalue weighted by molar-refractivity contribution is 5.32. The Balaban J connectivity index is 2.45. The molecule has 0 heterocycles. The van der Waals surface area contributed by atoms with Crippen LogP contribution >= 0.6 is 0 Å². The third kappa shape index (κ3) is 4.36. The van der Waals surface area contributed by atoms with Gasteiger partial charge in [-0.15, -0.1) is 0 Å². The minimum absolute atomic E-state index is 0.233. The molecule has 96 valence electrons. The van der Waals surface area contributed by atoms with Gasteiger partial charge in [-0.3, -0.25) is 0 Å². The van der Waals surface area contributed by atoms with Crippen LogP contribution in [0.1, 0.15) is 19.4 Å². The zero-order valence-electron chi connectivity index (χ0n) is 10.9. The number of methoxy groups -OCH3 is 1. The van der Waals surface area contributed by atoms with Crippen LogP contribution in [0.25, 0.3) is 0 Å². The van der Waals surface area contributed by atoms with Gasteiger partial charge in [0, 0.05) is 25.3 Å². The molecule has 0 amide bonds. The fraction of sp³-hybridized carbons (Fsp3) is 0.571. The van der Waals surface area contributed by atoms with Gasteiger partial charge in [0.15, 0.2) is 0 Å². The molecule has 1 unspecified atom stereocenters. The van der Waals surface area contributed by atoms with Gasteiger partial charge in [-0.05, 0) is 17.9 Å². The average molecular weight is 237 g/mol. The Bertz CT molecular complexity index is 326. The standard InChI is InChI=1S/C14H23NO2/c1-11(2)13(10-16)9-15-8-12-6-4-5-7-14(12)17-3/h4-7,11,13,15-16H,8-10H2,1-3H3. The number of hydrogen-bond acceptors (Lipinski definition) is 3. The fourth-order valence-electron chi connectivity index (χ4n) is 1.75. The Hall–Kier alpha value is -1.06. The van der Waals surface area contributed by atoms with Gasteiger partial charge in [0.05, 0.1) is 7.11 Å². The number of aliphatic hydroxyl groups is 1. The summed E-state index contributed by atoms with van der Waals surface area (Å²) in [5.41, 5.74) is 1.15. The van der Waals surface area contributed by atoms with Crippen LogP contribution in [0.3, 0.4) is 0 Å². The lowest BCUT2D eigenvalue weighted by Gasteiger charge is -2.19. The molecule has 1 rings (SSSR count). The molecule has 2 N–H and O–H groups in total. The lowest BCUT2D eigenvalue weighted by Crippen LogP contribution is -2.28. The van der Waals surface area contributed by atoms with Crippen molar-refractivity contribution < 1.29 is 9.84 Å². The van der Waals surface area contributed by atoms with Crippen molar-refractivity contribution in [3.8, 4) is 5.75 Å². The highest BCUT2D eigenvalue weighted by atomic mass is 16.5. The maximum absolute atomic E-state index is 9.23. The van der Waals surface area contributed by atoms with E-state index in [0.29, 0.717) is 11.8 Å². The van der Waals surface area contributed by atoms with Crippen molar-refractivity contribution in [2.75, 3.05) is 20.3 Å². The summed E-state index contributed by atoms with van der Waals surface area (Å²) in [4.78, 5) is 0. The minimum Gasteiger partial charge on any atom is -0.496 e. The summed E-state index contributed by atoms with van der Waals surface area (Å²) in [7, 11) is 1.68. The van der Waals surface area contributed by atoms with E-state index >= 15 is 0 Å². The first kappa shape index (κ1) is 14.0. The van der Waals surface area contributed by atoms with Crippen molar-refractivity contribution in [1.82, 2.24) is 5.32 Å². The van der Waals surface area contributed by atoms with Gasteiger partial charge in [0.2, 0.25) is 0 Å². The Morgan fingerprint density at radius 1 is 1.29 bits per heavy atom. The number of rotatable bonds is 7. The van der Waals surface area contributed by atoms with E-state index in [1.54, 1.807) is 7.11 Å². The molecule has 3 nitrogen and oxygen atoms in total. The first-order valence-electron chi connectivity index (χ1n) is 6.12. The number of para-hydroxylation sites is 1. The molecular weight excluding hydrogens is 214 g/mol. The van der Waals surface area contributed by atoms with Crippen LogP contribution in [-0.4, -0.2) is 25.4 Å². The quantitative estimate of drug-likeness (QED) is 0.762. The molecule has 0 fully saturated rings. The topological polar surface area (TPSA) is 41.5 Å². The first-order valence-corrected chi connectivity index (χ1v) is 6.12. The van der Waals surface area contributed by atoms with E-state index in [9.17, 15) is 5.11 Å². The molecule has 0 aliphatic rings. The molecular formula is C14H23NO2. The molecule has 0 saturated carbocycles. The van der Waals surface area contributed by atoms with E-state index in [1.807, 2.05) is 18.2 Å². The Kier molecular flexibility index (Phi) is 6.01. The summed E-state index contributed by atoms with van der Waals surface area (Å²) in [6, 6.07) is 7.98. The van der Waals surface area contributed by atoms with Gasteiger partial charge in [0.25, 0.3) is 0 Å². The minimum atomic E-state index is 0.233. The molecule has 1 aromatic rings. The van der Waals surface area contributed by atoms with Gasteiger partial charge in [-0.25, -0.2) is 0 Å². The molecule has 0 radical (unpaired) electrons. The van der Waals surface area contributed by atoms with Crippen LogP contribution in [0.15, 0.2) is 24.3 Å². The van der Waals surface area contributed by atoms with Crippen molar-refractivity contribution in [3.05, 3.63) is 29.8 Å². The number of hydrogen-bond donors (Lipinski definition) is 2. The summed E-state index contributed by atoms with van der Waals surface area (Å²) in [5, 5.41) is 12.6. The van der Waals surface area contributed by atoms with Crippen molar-refractivity contribution in [3.63, 3.8) is 0 Å². The van der Waals surface area contributed by atoms with Crippen LogP contribution in [0.2, 0.25) is 0 Å². The van der Waals surface area contributed by atoms with E-state index in [0.717, 1.165) is 24.4 Å². The highest BCUT2D eigenvalue weighted by Crippen LogP contribution is 2.17. The predicted molar refractivity (Wildman–Crippen MR) is 70.1 cm³/mol. The van der Waals surface area contributed by atoms with E-state index in [1.165, 1.54) is 0 Å². The van der Waals surface area contributed by atoms with Crippen LogP contribution < -0.4 is 10.1 Å². The number of aliphatic hydroxyl groups excluding tert-OH is 1. The maximum Gasteiger partial charge on any atom is 0.123 e. The molecule has 0 aliphatic heterocycles. The molecule has 17 heavy (non-hydrogen) atoms. The molecule has 1 atom stereocenters. The smallest absolute Gasteiger partial charge is 0.123 e. The summed E-state index contributed by atoms with van der Waals surface area (Å²) in [5.74, 6) is 1.71. The van der Waals surface area contributed by atoms with Gasteiger partial charge in [0.1, 0.15) is 5.75 Å². The Morgan fingerprint density at radius 3 is 2.59 bits per heavy atom. The average Bonchev–Trinajstić information content (AvgIpc) is 2.34. The second-order valence-corrected chi connectivity index (χ2v) is 4.63. The lowest BCUT2D eigenvalue weighted by atomic mass is 9.97. The van der Waals surface area contributed by atoms with E-state index in [4.69, 9.17) is 4.74 Å². The third-order valence-electron chi connectivity index (χ3n) is 3.09. The lowest BCUT2D eigenvalue weighted by molar-refractivity contribution is 0.186. The summed E-state index contributed by atoms with van der Waals surface area (Å²) in [6.07, 6.45) is 0. The number of nitrogens with one attached hydrogen (secondary N) is 1. The van der Waals surface area contributed by atoms with Crippen molar-refractivity contribution in [2.45, 2.75) is 20.4 Å². The fourth-order valence-corrected chi connectivity index (χ4v) is 1.75. The number of ether oxygens (including phenoxy) is 1. The van der Waals surface area contributed by atoms with Gasteiger partial charge in [-0.2, -0.15) is 0 Å². The first-order chi connectivity index (χ1) is 8.19. The summed E-state index contributed by atoms with van der Waals surface area (Å²) in [6.45, 7) is 6.09. The molecule has 0 saturated heterocycles. The summed E-state index contributed by atoms with van der Waals surface area (Å²) >= 11 is 0. The zero-order valence-corrected chi connectivity index (χ0v) is 10.9. The normalized spacial score (nSPS) is 12.8. The van der Waals surface area contributed by atoms with Crippen LogP contribution in [0.4, 0.5) is 0 Å². The molecule has 1 aromatic carbocycles. The second kappa shape index (κ2) is 7.30. The van der Waals surface area contributed by atoms with Gasteiger partial charge < -0.3 is 15.2 Å². The Labute approximate surface area is 104 Å². The zero-order chi connectivity index (χ0) is 12.7. The van der Waals surface area contributed by atoms with Crippen LogP contribution in [0, 0.1) is 11.8 Å². The van der Waals surface area contributed by atoms with Crippen molar-refractivity contribution >= 4 is 0 Å².